The Kier molecular flexibility index (Phi) is 5.59. The molecule has 0 bridgehead atoms. The van der Waals surface area contributed by atoms with Crippen molar-refractivity contribution in [3.8, 4) is 0 Å². The molecule has 0 atom stereocenters. The Hall–Kier alpha value is -0.585. The summed E-state index contributed by atoms with van der Waals surface area (Å²) in [5.74, 6) is 2.17. The van der Waals surface area contributed by atoms with E-state index in [1.807, 2.05) is 0 Å². The predicted molar refractivity (Wildman–Crippen MR) is 65.0 cm³/mol. The summed E-state index contributed by atoms with van der Waals surface area (Å²) in [6.07, 6.45) is 7.75. The van der Waals surface area contributed by atoms with E-state index in [0.29, 0.717) is 0 Å². The van der Waals surface area contributed by atoms with Crippen LogP contribution in [0, 0.1) is 0 Å². The van der Waals surface area contributed by atoms with Crippen molar-refractivity contribution >= 4 is 6.91 Å². The van der Waals surface area contributed by atoms with Gasteiger partial charge in [0, 0.05) is 0 Å². The summed E-state index contributed by atoms with van der Waals surface area (Å²) >= 11 is 0. The molecule has 0 aliphatic rings. The van der Waals surface area contributed by atoms with Gasteiger partial charge in [0.15, 0.2) is 0 Å². The molecule has 1 heteroatoms. The zero-order valence-electron chi connectivity index (χ0n) is 9.55. The van der Waals surface area contributed by atoms with Gasteiger partial charge in [-0.05, 0) is 0 Å². The standard InChI is InChI=1S/C13H21B/c1-3-5-8-12-9-7-11-14-13(12)10-6-4-2/h7,9,11H,3-6,8,10H2,1-2H3. The van der Waals surface area contributed by atoms with Crippen molar-refractivity contribution in [3.05, 3.63) is 29.1 Å². The third-order valence-corrected chi connectivity index (χ3v) is 2.72. The second-order valence-electron chi connectivity index (χ2n) is 3.98. The van der Waals surface area contributed by atoms with E-state index in [2.05, 4.69) is 38.9 Å². The molecule has 0 N–H and O–H groups in total. The summed E-state index contributed by atoms with van der Waals surface area (Å²) in [7, 11) is 0. The zero-order valence-corrected chi connectivity index (χ0v) is 9.55. The Morgan fingerprint density at radius 2 is 1.79 bits per heavy atom. The Labute approximate surface area is 89.0 Å². The molecule has 0 nitrogen and oxygen atoms in total. The third-order valence-electron chi connectivity index (χ3n) is 2.72. The van der Waals surface area contributed by atoms with Crippen LogP contribution in [-0.2, 0) is 12.8 Å². The minimum atomic E-state index is 1.26. The van der Waals surface area contributed by atoms with Crippen LogP contribution in [0.15, 0.2) is 18.1 Å². The number of hydrogen-bond acceptors (Lipinski definition) is 0. The summed E-state index contributed by atoms with van der Waals surface area (Å²) in [6.45, 7) is 6.81. The summed E-state index contributed by atoms with van der Waals surface area (Å²) < 4.78 is 0. The van der Waals surface area contributed by atoms with Gasteiger partial charge in [0.2, 0.25) is 0 Å². The average molecular weight is 188 g/mol. The molecular weight excluding hydrogens is 167 g/mol. The van der Waals surface area contributed by atoms with E-state index in [1.165, 1.54) is 38.5 Å². The Bertz CT molecular complexity index is 228. The van der Waals surface area contributed by atoms with E-state index in [0.717, 1.165) is 0 Å². The van der Waals surface area contributed by atoms with Gasteiger partial charge < -0.3 is 0 Å². The second kappa shape index (κ2) is 6.81. The topological polar surface area (TPSA) is 0 Å². The van der Waals surface area contributed by atoms with Gasteiger partial charge in [0.1, 0.15) is 0 Å². The van der Waals surface area contributed by atoms with E-state index in [1.54, 1.807) is 11.0 Å². The van der Waals surface area contributed by atoms with Crippen LogP contribution < -0.4 is 0 Å². The van der Waals surface area contributed by atoms with Gasteiger partial charge in [-0.2, -0.15) is 0 Å². The molecule has 0 saturated carbocycles. The molecule has 0 saturated heterocycles. The molecular formula is C13H21B. The van der Waals surface area contributed by atoms with Crippen molar-refractivity contribution in [2.45, 2.75) is 52.4 Å². The van der Waals surface area contributed by atoms with Crippen LogP contribution in [0.3, 0.4) is 0 Å². The second-order valence-corrected chi connectivity index (χ2v) is 3.98. The fourth-order valence-electron chi connectivity index (χ4n) is 1.78. The summed E-state index contributed by atoms with van der Waals surface area (Å²) in [6, 6.07) is 4.46. The summed E-state index contributed by atoms with van der Waals surface area (Å²) in [4.78, 5) is 0. The van der Waals surface area contributed by atoms with Crippen molar-refractivity contribution in [2.75, 3.05) is 0 Å². The van der Waals surface area contributed by atoms with Crippen LogP contribution in [0.2, 0.25) is 0 Å². The molecule has 0 aliphatic carbocycles. The molecule has 76 valence electrons. The maximum atomic E-state index is 2.29. The first kappa shape index (κ1) is 11.5. The molecule has 0 aromatic carbocycles. The first-order valence-corrected chi connectivity index (χ1v) is 5.95. The van der Waals surface area contributed by atoms with E-state index in [9.17, 15) is 0 Å². The van der Waals surface area contributed by atoms with Crippen molar-refractivity contribution in [1.82, 2.24) is 0 Å². The molecule has 1 aromatic rings. The number of hydrogen-bond donors (Lipinski definition) is 0. The van der Waals surface area contributed by atoms with Gasteiger partial charge in [-0.15, -0.1) is 0 Å². The third kappa shape index (κ3) is 3.65. The van der Waals surface area contributed by atoms with Crippen LogP contribution in [0.5, 0.6) is 0 Å². The Morgan fingerprint density at radius 3 is 2.50 bits per heavy atom. The Balaban J connectivity index is 2.60. The monoisotopic (exact) mass is 188 g/mol. The number of rotatable bonds is 6. The van der Waals surface area contributed by atoms with Crippen molar-refractivity contribution < 1.29 is 0 Å². The fourth-order valence-corrected chi connectivity index (χ4v) is 1.78. The molecule has 0 aliphatic heterocycles. The SMILES string of the molecule is CCCCc1bcccc1CCCC. The molecule has 14 heavy (non-hydrogen) atoms. The average Bonchev–Trinajstić information content (AvgIpc) is 2.24. The number of aryl methyl sites for hydroxylation is 2. The molecule has 1 heterocycles. The molecule has 0 unspecified atom stereocenters. The van der Waals surface area contributed by atoms with Gasteiger partial charge >= 0.3 is 88.4 Å². The maximum absolute atomic E-state index is 2.29. The minimum absolute atomic E-state index is 1.26. The fraction of sp³-hybridized carbons (Fsp3) is 0.615. The molecule has 0 spiro atoms. The van der Waals surface area contributed by atoms with Crippen LogP contribution >= 0.6 is 0 Å². The Morgan fingerprint density at radius 1 is 1.07 bits per heavy atom. The van der Waals surface area contributed by atoms with Crippen LogP contribution in [0.4, 0.5) is 0 Å². The van der Waals surface area contributed by atoms with E-state index in [-0.39, 0.29) is 0 Å². The predicted octanol–water partition coefficient (Wildman–Crippen LogP) is 3.71. The van der Waals surface area contributed by atoms with Crippen molar-refractivity contribution in [3.63, 3.8) is 0 Å². The molecule has 0 radical (unpaired) electrons. The van der Waals surface area contributed by atoms with Gasteiger partial charge in [-0.25, -0.2) is 0 Å². The van der Waals surface area contributed by atoms with Crippen LogP contribution in [0.1, 0.15) is 50.6 Å². The molecule has 1 rings (SSSR count). The van der Waals surface area contributed by atoms with E-state index >= 15 is 0 Å². The van der Waals surface area contributed by atoms with E-state index in [4.69, 9.17) is 0 Å². The van der Waals surface area contributed by atoms with Gasteiger partial charge in [0.05, 0.1) is 0 Å². The summed E-state index contributed by atoms with van der Waals surface area (Å²) in [5, 5.41) is 0. The van der Waals surface area contributed by atoms with Crippen molar-refractivity contribution in [1.29, 1.82) is 0 Å². The first-order chi connectivity index (χ1) is 6.88. The zero-order chi connectivity index (χ0) is 10.2. The van der Waals surface area contributed by atoms with Gasteiger partial charge in [-0.3, -0.25) is 0 Å². The first-order valence-electron chi connectivity index (χ1n) is 5.95. The van der Waals surface area contributed by atoms with Gasteiger partial charge in [0.25, 0.3) is 0 Å². The van der Waals surface area contributed by atoms with Crippen LogP contribution in [0.25, 0.3) is 0 Å². The molecule has 1 aromatic heterocycles. The van der Waals surface area contributed by atoms with Gasteiger partial charge in [-0.1, -0.05) is 0 Å². The quantitative estimate of drug-likeness (QED) is 0.638. The van der Waals surface area contributed by atoms with Crippen molar-refractivity contribution in [2.24, 2.45) is 0 Å². The number of unbranched alkanes of at least 4 members (excludes halogenated alkanes) is 2. The molecule has 0 amide bonds. The molecule has 0 fully saturated rings. The summed E-state index contributed by atoms with van der Waals surface area (Å²) in [5.41, 5.74) is 3.14. The normalized spacial score (nSPS) is 10.1. The van der Waals surface area contributed by atoms with Crippen LogP contribution in [-0.4, -0.2) is 6.91 Å². The van der Waals surface area contributed by atoms with E-state index < -0.39 is 0 Å².